The molecular formula is C25H25N5O4. The predicted octanol–water partition coefficient (Wildman–Crippen LogP) is 3.31. The summed E-state index contributed by atoms with van der Waals surface area (Å²) in [7, 11) is 1.65. The number of rotatable bonds is 8. The highest BCUT2D eigenvalue weighted by atomic mass is 16.4. The van der Waals surface area contributed by atoms with Crippen molar-refractivity contribution in [3.8, 4) is 0 Å². The van der Waals surface area contributed by atoms with Crippen molar-refractivity contribution in [3.63, 3.8) is 0 Å². The molecule has 3 aromatic rings. The molecule has 0 radical (unpaired) electrons. The van der Waals surface area contributed by atoms with Crippen LogP contribution in [0.25, 0.3) is 0 Å². The fourth-order valence-corrected chi connectivity index (χ4v) is 3.16. The van der Waals surface area contributed by atoms with Gasteiger partial charge in [-0.2, -0.15) is 0 Å². The molecule has 3 aromatic carbocycles. The SMILES string of the molecule is CN(C(=O)CN(C(=O)CNC(=O)Nc1cccc(/C=N\O)c1)c1ccccc1)c1ccccc1. The van der Waals surface area contributed by atoms with E-state index < -0.39 is 11.9 Å². The topological polar surface area (TPSA) is 114 Å². The number of anilines is 3. The van der Waals surface area contributed by atoms with Crippen LogP contribution in [0.3, 0.4) is 0 Å². The number of carbonyl (C=O) groups excluding carboxylic acids is 3. The molecule has 174 valence electrons. The van der Waals surface area contributed by atoms with E-state index in [0.29, 0.717) is 22.6 Å². The number of carbonyl (C=O) groups is 3. The lowest BCUT2D eigenvalue weighted by atomic mass is 10.2. The quantitative estimate of drug-likeness (QED) is 0.272. The van der Waals surface area contributed by atoms with E-state index in [2.05, 4.69) is 15.8 Å². The molecule has 0 aliphatic rings. The van der Waals surface area contributed by atoms with Crippen molar-refractivity contribution in [3.05, 3.63) is 90.5 Å². The van der Waals surface area contributed by atoms with Crippen molar-refractivity contribution in [2.45, 2.75) is 0 Å². The van der Waals surface area contributed by atoms with Gasteiger partial charge in [-0.05, 0) is 42.0 Å². The predicted molar refractivity (Wildman–Crippen MR) is 131 cm³/mol. The Morgan fingerprint density at radius 3 is 2.18 bits per heavy atom. The number of urea groups is 1. The minimum absolute atomic E-state index is 0.194. The van der Waals surface area contributed by atoms with E-state index in [4.69, 9.17) is 5.21 Å². The number of amides is 4. The molecule has 34 heavy (non-hydrogen) atoms. The lowest BCUT2D eigenvalue weighted by Gasteiger charge is -2.25. The van der Waals surface area contributed by atoms with Crippen molar-refractivity contribution in [2.75, 3.05) is 35.3 Å². The summed E-state index contributed by atoms with van der Waals surface area (Å²) in [6.07, 6.45) is 1.23. The van der Waals surface area contributed by atoms with E-state index in [1.807, 2.05) is 24.3 Å². The van der Waals surface area contributed by atoms with Crippen LogP contribution in [0, 0.1) is 0 Å². The number of likely N-dealkylation sites (N-methyl/N-ethyl adjacent to an activating group) is 1. The Labute approximate surface area is 197 Å². The lowest BCUT2D eigenvalue weighted by Crippen LogP contribution is -2.46. The van der Waals surface area contributed by atoms with Gasteiger partial charge in [0.2, 0.25) is 11.8 Å². The number of oxime groups is 1. The maximum Gasteiger partial charge on any atom is 0.319 e. The molecular weight excluding hydrogens is 434 g/mol. The van der Waals surface area contributed by atoms with Crippen molar-refractivity contribution < 1.29 is 19.6 Å². The molecule has 9 nitrogen and oxygen atoms in total. The Bertz CT molecular complexity index is 1150. The van der Waals surface area contributed by atoms with E-state index in [1.165, 1.54) is 16.0 Å². The lowest BCUT2D eigenvalue weighted by molar-refractivity contribution is -0.121. The van der Waals surface area contributed by atoms with Crippen LogP contribution in [0.15, 0.2) is 90.1 Å². The first-order chi connectivity index (χ1) is 16.5. The monoisotopic (exact) mass is 459 g/mol. The second kappa shape index (κ2) is 11.8. The Balaban J connectivity index is 1.65. The maximum absolute atomic E-state index is 13.0. The zero-order chi connectivity index (χ0) is 24.3. The van der Waals surface area contributed by atoms with Gasteiger partial charge in [0.25, 0.3) is 0 Å². The molecule has 0 saturated heterocycles. The Morgan fingerprint density at radius 2 is 1.53 bits per heavy atom. The van der Waals surface area contributed by atoms with Gasteiger partial charge >= 0.3 is 6.03 Å². The van der Waals surface area contributed by atoms with Crippen molar-refractivity contribution >= 4 is 41.1 Å². The van der Waals surface area contributed by atoms with Gasteiger partial charge in [-0.15, -0.1) is 0 Å². The summed E-state index contributed by atoms with van der Waals surface area (Å²) in [5.74, 6) is -0.729. The van der Waals surface area contributed by atoms with E-state index in [-0.39, 0.29) is 19.0 Å². The highest BCUT2D eigenvalue weighted by Crippen LogP contribution is 2.16. The minimum Gasteiger partial charge on any atom is -0.411 e. The number of hydrogen-bond donors (Lipinski definition) is 3. The standard InChI is InChI=1S/C25H25N5O4/c1-29(21-11-4-2-5-12-21)24(32)18-30(22-13-6-3-7-14-22)23(31)17-26-25(33)28-20-10-8-9-19(15-20)16-27-34/h2-16,34H,17-18H2,1H3,(H2,26,28,33)/b27-16-. The van der Waals surface area contributed by atoms with Crippen LogP contribution in [0.4, 0.5) is 21.9 Å². The minimum atomic E-state index is -0.591. The number of hydrogen-bond acceptors (Lipinski definition) is 5. The zero-order valence-electron chi connectivity index (χ0n) is 18.6. The van der Waals surface area contributed by atoms with E-state index >= 15 is 0 Å². The molecule has 3 rings (SSSR count). The van der Waals surface area contributed by atoms with Crippen LogP contribution in [-0.2, 0) is 9.59 Å². The maximum atomic E-state index is 13.0. The summed E-state index contributed by atoms with van der Waals surface area (Å²) in [5, 5.41) is 16.7. The van der Waals surface area contributed by atoms with Crippen LogP contribution in [0.2, 0.25) is 0 Å². The second-order valence-electron chi connectivity index (χ2n) is 7.28. The van der Waals surface area contributed by atoms with Gasteiger partial charge in [0, 0.05) is 24.1 Å². The van der Waals surface area contributed by atoms with Crippen LogP contribution < -0.4 is 20.4 Å². The molecule has 0 aromatic heterocycles. The Hall–Kier alpha value is -4.66. The molecule has 0 aliphatic heterocycles. The van der Waals surface area contributed by atoms with Crippen LogP contribution in [0.1, 0.15) is 5.56 Å². The Kier molecular flexibility index (Phi) is 8.34. The molecule has 3 N–H and O–H groups in total. The molecule has 0 aliphatic carbocycles. The van der Waals surface area contributed by atoms with Gasteiger partial charge in [0.1, 0.15) is 6.54 Å². The molecule has 9 heteroatoms. The summed E-state index contributed by atoms with van der Waals surface area (Å²) >= 11 is 0. The van der Waals surface area contributed by atoms with E-state index in [0.717, 1.165) is 0 Å². The largest absolute Gasteiger partial charge is 0.411 e. The molecule has 4 amide bonds. The Morgan fingerprint density at radius 1 is 0.882 bits per heavy atom. The van der Waals surface area contributed by atoms with E-state index in [9.17, 15) is 14.4 Å². The third-order valence-corrected chi connectivity index (χ3v) is 4.93. The number of benzene rings is 3. The summed E-state index contributed by atoms with van der Waals surface area (Å²) in [4.78, 5) is 41.0. The van der Waals surface area contributed by atoms with Gasteiger partial charge in [0.05, 0.1) is 12.8 Å². The summed E-state index contributed by atoms with van der Waals surface area (Å²) in [6.45, 7) is -0.513. The van der Waals surface area contributed by atoms with Crippen molar-refractivity contribution in [1.82, 2.24) is 5.32 Å². The van der Waals surface area contributed by atoms with Gasteiger partial charge in [-0.1, -0.05) is 53.7 Å². The average molecular weight is 460 g/mol. The first kappa shape index (κ1) is 24.0. The van der Waals surface area contributed by atoms with Crippen molar-refractivity contribution in [1.29, 1.82) is 0 Å². The smallest absolute Gasteiger partial charge is 0.319 e. The molecule has 0 saturated carbocycles. The third kappa shape index (κ3) is 6.67. The van der Waals surface area contributed by atoms with Gasteiger partial charge < -0.3 is 25.6 Å². The third-order valence-electron chi connectivity index (χ3n) is 4.93. The van der Waals surface area contributed by atoms with Crippen LogP contribution >= 0.6 is 0 Å². The fraction of sp³-hybridized carbons (Fsp3) is 0.120. The molecule has 0 fully saturated rings. The van der Waals surface area contributed by atoms with Crippen molar-refractivity contribution in [2.24, 2.45) is 5.16 Å². The summed E-state index contributed by atoms with van der Waals surface area (Å²) in [6, 6.07) is 24.0. The highest BCUT2D eigenvalue weighted by Gasteiger charge is 2.22. The number of para-hydroxylation sites is 2. The molecule has 0 atom stereocenters. The normalized spacial score (nSPS) is 10.5. The summed E-state index contributed by atoms with van der Waals surface area (Å²) in [5.41, 5.74) is 2.30. The number of nitrogens with one attached hydrogen (secondary N) is 2. The van der Waals surface area contributed by atoms with Gasteiger partial charge in [-0.3, -0.25) is 9.59 Å². The molecule has 0 unspecified atom stereocenters. The van der Waals surface area contributed by atoms with E-state index in [1.54, 1.807) is 67.7 Å². The first-order valence-electron chi connectivity index (χ1n) is 10.5. The first-order valence-corrected chi connectivity index (χ1v) is 10.5. The van der Waals surface area contributed by atoms with Gasteiger partial charge in [-0.25, -0.2) is 4.79 Å². The second-order valence-corrected chi connectivity index (χ2v) is 7.28. The summed E-state index contributed by atoms with van der Waals surface area (Å²) < 4.78 is 0. The molecule has 0 spiro atoms. The highest BCUT2D eigenvalue weighted by molar-refractivity contribution is 6.05. The average Bonchev–Trinajstić information content (AvgIpc) is 2.86. The molecule has 0 bridgehead atoms. The fourth-order valence-electron chi connectivity index (χ4n) is 3.16. The zero-order valence-corrected chi connectivity index (χ0v) is 18.6. The van der Waals surface area contributed by atoms with Crippen LogP contribution in [0.5, 0.6) is 0 Å². The molecule has 0 heterocycles. The number of nitrogens with zero attached hydrogens (tertiary/aromatic N) is 3. The van der Waals surface area contributed by atoms with Crippen LogP contribution in [-0.4, -0.2) is 49.4 Å². The van der Waals surface area contributed by atoms with Gasteiger partial charge in [0.15, 0.2) is 0 Å².